The first-order valence-electron chi connectivity index (χ1n) is 11.8. The molecule has 0 aromatic heterocycles. The van der Waals surface area contributed by atoms with Gasteiger partial charge in [-0.2, -0.15) is 0 Å². The maximum Gasteiger partial charge on any atom is 0.319 e. The molecule has 4 N–H and O–H groups in total. The molecule has 1 aliphatic heterocycles. The monoisotopic (exact) mass is 563 g/mol. The largest absolute Gasteiger partial charge is 0.481 e. The molecule has 4 rings (SSSR count). The Balaban J connectivity index is 0.00000280. The van der Waals surface area contributed by atoms with Crippen molar-refractivity contribution in [2.24, 2.45) is 0 Å². The normalized spacial score (nSPS) is 17.4. The van der Waals surface area contributed by atoms with Crippen LogP contribution in [0.4, 0.5) is 10.5 Å². The molecule has 0 radical (unpaired) electrons. The number of carbonyl (C=O) groups is 2. The van der Waals surface area contributed by atoms with Crippen LogP contribution < -0.4 is 15.4 Å². The van der Waals surface area contributed by atoms with Crippen molar-refractivity contribution >= 4 is 37.5 Å². The summed E-state index contributed by atoms with van der Waals surface area (Å²) >= 11 is 0. The van der Waals surface area contributed by atoms with Crippen LogP contribution in [0.5, 0.6) is 0 Å². The summed E-state index contributed by atoms with van der Waals surface area (Å²) in [6.45, 7) is 0. The number of benzene rings is 3. The van der Waals surface area contributed by atoms with Gasteiger partial charge in [-0.05, 0) is 47.4 Å². The summed E-state index contributed by atoms with van der Waals surface area (Å²) < 4.78 is 51.7. The van der Waals surface area contributed by atoms with Gasteiger partial charge in [0.15, 0.2) is 9.84 Å². The predicted octanol–water partition coefficient (Wildman–Crippen LogP) is 3.89. The van der Waals surface area contributed by atoms with Crippen LogP contribution in [0.25, 0.3) is 11.1 Å². The molecule has 0 bridgehead atoms. The molecule has 206 valence electrons. The first-order chi connectivity index (χ1) is 18.0. The number of nitrogens with one attached hydrogen (secondary N) is 3. The average molecular weight is 564 g/mol. The number of amides is 2. The van der Waals surface area contributed by atoms with E-state index in [1.165, 1.54) is 12.1 Å². The summed E-state index contributed by atoms with van der Waals surface area (Å²) in [5.74, 6) is -1.15. The third-order valence-corrected chi connectivity index (χ3v) is 9.32. The van der Waals surface area contributed by atoms with Crippen molar-refractivity contribution in [1.82, 2.24) is 10.0 Å². The molecule has 0 spiro atoms. The zero-order chi connectivity index (χ0) is 27.3. The standard InChI is InChI=1S/C26H27N3O7S2.3H2/c30-25(31)16-24(19-5-2-1-3-6-19)29-38(35,36)23-11-9-18(10-12-23)20-7-4-8-21(15-20)27-26(32)28-22-13-14-37(33,34)17-22;;;/h1-12,15,22,24,29H,13-14,16-17H2,(H,30,31)(H2,27,28,32);3*1H. The fourth-order valence-electron chi connectivity index (χ4n) is 4.21. The topological polar surface area (TPSA) is 159 Å². The van der Waals surface area contributed by atoms with Crippen LogP contribution in [-0.2, 0) is 24.7 Å². The lowest BCUT2D eigenvalue weighted by molar-refractivity contribution is -0.137. The van der Waals surface area contributed by atoms with Gasteiger partial charge in [0.05, 0.1) is 28.9 Å². The third-order valence-electron chi connectivity index (χ3n) is 6.06. The number of rotatable bonds is 9. The first kappa shape index (κ1) is 27.3. The fourth-order valence-corrected chi connectivity index (χ4v) is 7.11. The molecule has 1 saturated heterocycles. The van der Waals surface area contributed by atoms with Gasteiger partial charge in [0.25, 0.3) is 0 Å². The van der Waals surface area contributed by atoms with Crippen LogP contribution in [0.15, 0.2) is 83.8 Å². The van der Waals surface area contributed by atoms with E-state index in [1.807, 2.05) is 0 Å². The molecule has 1 heterocycles. The van der Waals surface area contributed by atoms with Crippen molar-refractivity contribution in [2.45, 2.75) is 29.8 Å². The Morgan fingerprint density at radius 2 is 1.68 bits per heavy atom. The summed E-state index contributed by atoms with van der Waals surface area (Å²) in [5, 5.41) is 14.6. The van der Waals surface area contributed by atoms with Crippen LogP contribution in [0, 0.1) is 0 Å². The molecule has 1 fully saturated rings. The van der Waals surface area contributed by atoms with E-state index in [1.54, 1.807) is 66.7 Å². The molecule has 3 aromatic carbocycles. The highest BCUT2D eigenvalue weighted by molar-refractivity contribution is 7.91. The Morgan fingerprint density at radius 3 is 2.32 bits per heavy atom. The number of aliphatic carboxylic acids is 1. The van der Waals surface area contributed by atoms with E-state index in [2.05, 4.69) is 15.4 Å². The third kappa shape index (κ3) is 7.18. The minimum Gasteiger partial charge on any atom is -0.481 e. The smallest absolute Gasteiger partial charge is 0.319 e. The van der Waals surface area contributed by atoms with Crippen molar-refractivity contribution in [1.29, 1.82) is 0 Å². The van der Waals surface area contributed by atoms with Gasteiger partial charge in [-0.1, -0.05) is 54.6 Å². The van der Waals surface area contributed by atoms with E-state index in [4.69, 9.17) is 0 Å². The second-order valence-electron chi connectivity index (χ2n) is 8.99. The van der Waals surface area contributed by atoms with E-state index in [0.29, 0.717) is 23.2 Å². The van der Waals surface area contributed by atoms with E-state index >= 15 is 0 Å². The van der Waals surface area contributed by atoms with Gasteiger partial charge in [-0.25, -0.2) is 26.4 Å². The number of carboxylic acids is 1. The van der Waals surface area contributed by atoms with Crippen LogP contribution in [-0.4, -0.2) is 51.5 Å². The van der Waals surface area contributed by atoms with Crippen molar-refractivity contribution in [2.75, 3.05) is 16.8 Å². The van der Waals surface area contributed by atoms with Crippen LogP contribution in [0.3, 0.4) is 0 Å². The molecule has 0 aliphatic carbocycles. The predicted molar refractivity (Wildman–Crippen MR) is 149 cm³/mol. The molecule has 2 unspecified atom stereocenters. The molecule has 0 saturated carbocycles. The number of hydrogen-bond donors (Lipinski definition) is 4. The van der Waals surface area contributed by atoms with Gasteiger partial charge in [0.2, 0.25) is 10.0 Å². The van der Waals surface area contributed by atoms with Crippen LogP contribution >= 0.6 is 0 Å². The molecule has 3 aromatic rings. The summed E-state index contributed by atoms with van der Waals surface area (Å²) in [5.41, 5.74) is 2.44. The minimum atomic E-state index is -4.02. The van der Waals surface area contributed by atoms with Crippen molar-refractivity contribution < 1.29 is 35.8 Å². The fraction of sp³-hybridized carbons (Fsp3) is 0.231. The minimum absolute atomic E-state index is 0. The van der Waals surface area contributed by atoms with E-state index in [-0.39, 0.29) is 20.7 Å². The van der Waals surface area contributed by atoms with Gasteiger partial charge in [0, 0.05) is 16.0 Å². The van der Waals surface area contributed by atoms with Gasteiger partial charge in [0.1, 0.15) is 0 Å². The van der Waals surface area contributed by atoms with Crippen molar-refractivity contribution in [3.05, 3.63) is 84.4 Å². The zero-order valence-electron chi connectivity index (χ0n) is 20.2. The van der Waals surface area contributed by atoms with Crippen molar-refractivity contribution in [3.63, 3.8) is 0 Å². The number of urea groups is 1. The molecular formula is C26H33N3O7S2. The van der Waals surface area contributed by atoms with E-state index < -0.39 is 50.4 Å². The van der Waals surface area contributed by atoms with Gasteiger partial charge < -0.3 is 15.7 Å². The molecule has 2 amide bonds. The number of carboxylic acid groups (broad SMARTS) is 1. The number of sulfonamides is 1. The molecule has 2 atom stereocenters. The number of anilines is 1. The Morgan fingerprint density at radius 1 is 0.974 bits per heavy atom. The highest BCUT2D eigenvalue weighted by atomic mass is 32.2. The highest BCUT2D eigenvalue weighted by Crippen LogP contribution is 2.26. The van der Waals surface area contributed by atoms with E-state index in [0.717, 1.165) is 5.56 Å². The van der Waals surface area contributed by atoms with E-state index in [9.17, 15) is 31.5 Å². The van der Waals surface area contributed by atoms with Crippen LogP contribution in [0.1, 0.15) is 28.7 Å². The Bertz CT molecular complexity index is 1540. The maximum absolute atomic E-state index is 13.0. The summed E-state index contributed by atoms with van der Waals surface area (Å²) in [6, 6.07) is 19.6. The second kappa shape index (κ2) is 11.3. The van der Waals surface area contributed by atoms with Crippen LogP contribution in [0.2, 0.25) is 0 Å². The molecule has 10 nitrogen and oxygen atoms in total. The average Bonchev–Trinajstić information content (AvgIpc) is 3.21. The lowest BCUT2D eigenvalue weighted by Crippen LogP contribution is -2.38. The molecule has 12 heteroatoms. The van der Waals surface area contributed by atoms with Gasteiger partial charge in [-0.3, -0.25) is 4.79 Å². The Hall–Kier alpha value is -3.74. The lowest BCUT2D eigenvalue weighted by atomic mass is 10.1. The summed E-state index contributed by atoms with van der Waals surface area (Å²) in [6.07, 6.45) is -0.0342. The summed E-state index contributed by atoms with van der Waals surface area (Å²) in [4.78, 5) is 23.6. The van der Waals surface area contributed by atoms with Gasteiger partial charge in [-0.15, -0.1) is 0 Å². The SMILES string of the molecule is O=C(O)CC(NS(=O)(=O)c1ccc(-c2cccc(NC(=O)NC3CCS(=O)(=O)C3)c2)cc1)c1ccccc1.[HH].[HH].[HH]. The number of sulfone groups is 1. The molecule has 38 heavy (non-hydrogen) atoms. The quantitative estimate of drug-likeness (QED) is 0.307. The summed E-state index contributed by atoms with van der Waals surface area (Å²) in [7, 11) is -7.13. The second-order valence-corrected chi connectivity index (χ2v) is 12.9. The lowest BCUT2D eigenvalue weighted by Gasteiger charge is -2.18. The highest BCUT2D eigenvalue weighted by Gasteiger charge is 2.29. The van der Waals surface area contributed by atoms with Gasteiger partial charge >= 0.3 is 12.0 Å². The van der Waals surface area contributed by atoms with Crippen molar-refractivity contribution in [3.8, 4) is 11.1 Å². The number of hydrogen-bond acceptors (Lipinski definition) is 6. The molecular weight excluding hydrogens is 530 g/mol. The first-order valence-corrected chi connectivity index (χ1v) is 15.1. The molecule has 1 aliphatic rings. The maximum atomic E-state index is 13.0. The Kier molecular flexibility index (Phi) is 8.14. The Labute approximate surface area is 225 Å². The zero-order valence-corrected chi connectivity index (χ0v) is 21.8. The number of carbonyl (C=O) groups excluding carboxylic acids is 1.